The first-order valence-electron chi connectivity index (χ1n) is 8.31. The van der Waals surface area contributed by atoms with Crippen LogP contribution in [0.4, 0.5) is 5.69 Å². The van der Waals surface area contributed by atoms with Crippen molar-refractivity contribution < 1.29 is 29.3 Å². The van der Waals surface area contributed by atoms with E-state index in [-0.39, 0.29) is 5.91 Å². The summed E-state index contributed by atoms with van der Waals surface area (Å²) in [4.78, 5) is 32.3. The first-order chi connectivity index (χ1) is 12.5. The van der Waals surface area contributed by atoms with Gasteiger partial charge in [-0.15, -0.1) is 0 Å². The van der Waals surface area contributed by atoms with Crippen LogP contribution in [0.1, 0.15) is 6.42 Å². The standard InChI is InChI=1S/C15H23N3O2.C2H2O4/c19-15(17-14-5-2-1-3-6-14)13-16-7-4-8-18-9-11-20-12-10-18;3-1(4)2(5)6/h1-3,5-6,16H,4,7-13H2,(H,17,19);(H,3,4)(H,5,6). The van der Waals surface area contributed by atoms with Gasteiger partial charge in [0.1, 0.15) is 0 Å². The van der Waals surface area contributed by atoms with E-state index in [1.807, 2.05) is 30.3 Å². The Labute approximate surface area is 151 Å². The Morgan fingerprint density at radius 2 is 1.65 bits per heavy atom. The molecule has 1 aromatic carbocycles. The molecule has 144 valence electrons. The van der Waals surface area contributed by atoms with Gasteiger partial charge in [0.2, 0.25) is 5.91 Å². The molecule has 0 bridgehead atoms. The van der Waals surface area contributed by atoms with Gasteiger partial charge in [-0.25, -0.2) is 9.59 Å². The molecule has 0 saturated carbocycles. The first kappa shape index (κ1) is 21.6. The minimum atomic E-state index is -1.82. The fourth-order valence-corrected chi connectivity index (χ4v) is 2.18. The molecule has 1 aliphatic heterocycles. The molecule has 0 unspecified atom stereocenters. The van der Waals surface area contributed by atoms with Crippen LogP contribution in [0, 0.1) is 0 Å². The van der Waals surface area contributed by atoms with Crippen LogP contribution in [-0.4, -0.2) is 78.9 Å². The van der Waals surface area contributed by atoms with Crippen molar-refractivity contribution >= 4 is 23.5 Å². The van der Waals surface area contributed by atoms with Gasteiger partial charge in [0.05, 0.1) is 19.8 Å². The predicted octanol–water partition coefficient (Wildman–Crippen LogP) is 0.0926. The molecule has 1 saturated heterocycles. The molecule has 0 radical (unpaired) electrons. The minimum Gasteiger partial charge on any atom is -0.473 e. The molecule has 0 aliphatic carbocycles. The zero-order valence-corrected chi connectivity index (χ0v) is 14.5. The number of morpholine rings is 1. The topological polar surface area (TPSA) is 128 Å². The lowest BCUT2D eigenvalue weighted by atomic mass is 10.3. The van der Waals surface area contributed by atoms with E-state index in [9.17, 15) is 4.79 Å². The van der Waals surface area contributed by atoms with E-state index in [4.69, 9.17) is 24.5 Å². The van der Waals surface area contributed by atoms with Gasteiger partial charge in [-0.1, -0.05) is 18.2 Å². The highest BCUT2D eigenvalue weighted by Crippen LogP contribution is 2.04. The molecule has 9 nitrogen and oxygen atoms in total. The number of carbonyl (C=O) groups is 3. The number of aliphatic carboxylic acids is 2. The van der Waals surface area contributed by atoms with E-state index in [1.165, 1.54) is 0 Å². The Kier molecular flexibility index (Phi) is 10.6. The van der Waals surface area contributed by atoms with Crippen molar-refractivity contribution in [1.29, 1.82) is 0 Å². The summed E-state index contributed by atoms with van der Waals surface area (Å²) in [5.41, 5.74) is 0.840. The average Bonchev–Trinajstić information content (AvgIpc) is 2.63. The van der Waals surface area contributed by atoms with Crippen molar-refractivity contribution in [2.45, 2.75) is 6.42 Å². The van der Waals surface area contributed by atoms with Crippen molar-refractivity contribution in [2.24, 2.45) is 0 Å². The quantitative estimate of drug-likeness (QED) is 0.394. The van der Waals surface area contributed by atoms with Crippen LogP contribution in [0.5, 0.6) is 0 Å². The molecule has 0 aromatic heterocycles. The maximum atomic E-state index is 11.7. The summed E-state index contributed by atoms with van der Waals surface area (Å²) >= 11 is 0. The van der Waals surface area contributed by atoms with Gasteiger partial charge in [-0.2, -0.15) is 0 Å². The second-order valence-corrected chi connectivity index (χ2v) is 5.51. The second kappa shape index (κ2) is 12.8. The van der Waals surface area contributed by atoms with E-state index in [1.54, 1.807) is 0 Å². The summed E-state index contributed by atoms with van der Waals surface area (Å²) in [6.07, 6.45) is 1.05. The molecule has 0 atom stereocenters. The number of benzene rings is 1. The third kappa shape index (κ3) is 10.4. The summed E-state index contributed by atoms with van der Waals surface area (Å²) < 4.78 is 5.31. The number of carbonyl (C=O) groups excluding carboxylic acids is 1. The molecule has 9 heteroatoms. The van der Waals surface area contributed by atoms with E-state index >= 15 is 0 Å². The summed E-state index contributed by atoms with van der Waals surface area (Å²) in [6.45, 7) is 6.01. The Hall–Kier alpha value is -2.49. The summed E-state index contributed by atoms with van der Waals surface area (Å²) in [6, 6.07) is 9.52. The lowest BCUT2D eigenvalue weighted by molar-refractivity contribution is -0.159. The van der Waals surface area contributed by atoms with Crippen molar-refractivity contribution in [3.8, 4) is 0 Å². The van der Waals surface area contributed by atoms with Gasteiger partial charge in [0.25, 0.3) is 0 Å². The van der Waals surface area contributed by atoms with Gasteiger partial charge < -0.3 is 25.6 Å². The predicted molar refractivity (Wildman–Crippen MR) is 95.1 cm³/mol. The molecule has 4 N–H and O–H groups in total. The molecule has 1 aliphatic rings. The zero-order valence-electron chi connectivity index (χ0n) is 14.5. The largest absolute Gasteiger partial charge is 0.473 e. The first-order valence-corrected chi connectivity index (χ1v) is 8.31. The average molecular weight is 367 g/mol. The Bertz CT molecular complexity index is 549. The van der Waals surface area contributed by atoms with Gasteiger partial charge in [0, 0.05) is 18.8 Å². The van der Waals surface area contributed by atoms with Gasteiger partial charge in [-0.3, -0.25) is 9.69 Å². The number of carboxylic acids is 2. The number of anilines is 1. The number of nitrogens with zero attached hydrogens (tertiary/aromatic N) is 1. The number of amides is 1. The maximum absolute atomic E-state index is 11.7. The monoisotopic (exact) mass is 367 g/mol. The van der Waals surface area contributed by atoms with Crippen LogP contribution < -0.4 is 10.6 Å². The normalized spacial score (nSPS) is 14.0. The number of hydrogen-bond donors (Lipinski definition) is 4. The van der Waals surface area contributed by atoms with E-state index < -0.39 is 11.9 Å². The molecule has 1 fully saturated rings. The molecular weight excluding hydrogens is 342 g/mol. The fraction of sp³-hybridized carbons (Fsp3) is 0.471. The van der Waals surface area contributed by atoms with Crippen molar-refractivity contribution in [3.05, 3.63) is 30.3 Å². The van der Waals surface area contributed by atoms with Crippen molar-refractivity contribution in [3.63, 3.8) is 0 Å². The zero-order chi connectivity index (χ0) is 19.2. The Balaban J connectivity index is 0.000000487. The third-order valence-corrected chi connectivity index (χ3v) is 3.46. The van der Waals surface area contributed by atoms with Crippen LogP contribution in [0.15, 0.2) is 30.3 Å². The van der Waals surface area contributed by atoms with Gasteiger partial charge >= 0.3 is 11.9 Å². The second-order valence-electron chi connectivity index (χ2n) is 5.51. The van der Waals surface area contributed by atoms with Crippen LogP contribution in [0.2, 0.25) is 0 Å². The smallest absolute Gasteiger partial charge is 0.414 e. The highest BCUT2D eigenvalue weighted by molar-refractivity contribution is 6.27. The Morgan fingerprint density at radius 1 is 1.04 bits per heavy atom. The summed E-state index contributed by atoms with van der Waals surface area (Å²) in [5, 5.41) is 20.8. The molecular formula is C17H25N3O6. The van der Waals surface area contributed by atoms with Gasteiger partial charge in [0.15, 0.2) is 0 Å². The highest BCUT2D eigenvalue weighted by atomic mass is 16.5. The minimum absolute atomic E-state index is 0.00238. The maximum Gasteiger partial charge on any atom is 0.414 e. The number of carboxylic acid groups (broad SMARTS) is 2. The highest BCUT2D eigenvalue weighted by Gasteiger charge is 2.09. The fourth-order valence-electron chi connectivity index (χ4n) is 2.18. The number of nitrogens with one attached hydrogen (secondary N) is 2. The van der Waals surface area contributed by atoms with Crippen LogP contribution >= 0.6 is 0 Å². The van der Waals surface area contributed by atoms with E-state index in [2.05, 4.69) is 15.5 Å². The molecule has 26 heavy (non-hydrogen) atoms. The van der Waals surface area contributed by atoms with Crippen LogP contribution in [0.3, 0.4) is 0 Å². The SMILES string of the molecule is O=C(CNCCCN1CCOCC1)Nc1ccccc1.O=C(O)C(=O)O. The van der Waals surface area contributed by atoms with E-state index in [0.717, 1.165) is 51.5 Å². The lowest BCUT2D eigenvalue weighted by Gasteiger charge is -2.26. The van der Waals surface area contributed by atoms with Crippen LogP contribution in [0.25, 0.3) is 0 Å². The van der Waals surface area contributed by atoms with Gasteiger partial charge in [-0.05, 0) is 31.6 Å². The molecule has 1 aromatic rings. The van der Waals surface area contributed by atoms with Crippen molar-refractivity contribution in [2.75, 3.05) is 51.3 Å². The number of hydrogen-bond acceptors (Lipinski definition) is 6. The third-order valence-electron chi connectivity index (χ3n) is 3.46. The summed E-state index contributed by atoms with van der Waals surface area (Å²) in [7, 11) is 0. The molecule has 2 rings (SSSR count). The van der Waals surface area contributed by atoms with Crippen LogP contribution in [-0.2, 0) is 19.1 Å². The van der Waals surface area contributed by atoms with E-state index in [0.29, 0.717) is 6.54 Å². The molecule has 1 amide bonds. The molecule has 0 spiro atoms. The number of rotatable bonds is 7. The number of para-hydroxylation sites is 1. The molecule has 1 heterocycles. The number of ether oxygens (including phenoxy) is 1. The Morgan fingerprint density at radius 3 is 2.23 bits per heavy atom. The summed E-state index contributed by atoms with van der Waals surface area (Å²) in [5.74, 6) is -3.65. The lowest BCUT2D eigenvalue weighted by Crippen LogP contribution is -2.38. The van der Waals surface area contributed by atoms with Crippen molar-refractivity contribution in [1.82, 2.24) is 10.2 Å².